The highest BCUT2D eigenvalue weighted by Gasteiger charge is 2.34. The van der Waals surface area contributed by atoms with Gasteiger partial charge < -0.3 is 15.2 Å². The summed E-state index contributed by atoms with van der Waals surface area (Å²) in [6.07, 6.45) is 0.969. The van der Waals surface area contributed by atoms with Crippen LogP contribution in [-0.2, 0) is 11.2 Å². The number of fused-ring (bicyclic) bond motifs is 1. The second kappa shape index (κ2) is 5.35. The maximum atomic E-state index is 6.19. The van der Waals surface area contributed by atoms with Crippen LogP contribution in [0, 0.1) is 0 Å². The Morgan fingerprint density at radius 1 is 1.30 bits per heavy atom. The minimum Gasteiger partial charge on any atom is -0.487 e. The molecular weight excluding hydrogens is 252 g/mol. The fourth-order valence-corrected chi connectivity index (χ4v) is 3.26. The molecule has 0 aromatic heterocycles. The van der Waals surface area contributed by atoms with Gasteiger partial charge in [0.2, 0.25) is 0 Å². The Balaban J connectivity index is 1.91. The van der Waals surface area contributed by atoms with E-state index in [1.807, 2.05) is 0 Å². The Kier molecular flexibility index (Phi) is 3.71. The maximum Gasteiger partial charge on any atom is 0.128 e. The average molecular weight is 276 g/mol. The third-order valence-corrected chi connectivity index (χ3v) is 4.19. The van der Waals surface area contributed by atoms with E-state index in [0.29, 0.717) is 6.54 Å². The molecule has 0 bridgehead atoms. The highest BCUT2D eigenvalue weighted by Crippen LogP contribution is 2.41. The van der Waals surface area contributed by atoms with Crippen LogP contribution in [0.2, 0.25) is 0 Å². The first-order chi connectivity index (χ1) is 9.61. The number of ether oxygens (including phenoxy) is 2. The van der Waals surface area contributed by atoms with E-state index in [1.54, 1.807) is 0 Å². The lowest BCUT2D eigenvalue weighted by Gasteiger charge is -2.34. The predicted octanol–water partition coefficient (Wildman–Crippen LogP) is 1.73. The molecule has 1 atom stereocenters. The normalized spacial score (nSPS) is 23.1. The quantitative estimate of drug-likeness (QED) is 0.913. The largest absolute Gasteiger partial charge is 0.487 e. The van der Waals surface area contributed by atoms with Gasteiger partial charge in [-0.15, -0.1) is 0 Å². The lowest BCUT2D eigenvalue weighted by atomic mass is 9.97. The SMILES string of the molecule is CC1(C)Cc2cccc(C(CN)N3CCOCC3)c2O1. The van der Waals surface area contributed by atoms with Crippen LogP contribution in [0.3, 0.4) is 0 Å². The molecule has 1 saturated heterocycles. The van der Waals surface area contributed by atoms with Crippen LogP contribution >= 0.6 is 0 Å². The van der Waals surface area contributed by atoms with Crippen LogP contribution in [0.15, 0.2) is 18.2 Å². The Bertz CT molecular complexity index is 481. The Morgan fingerprint density at radius 2 is 2.05 bits per heavy atom. The Hall–Kier alpha value is -1.10. The van der Waals surface area contributed by atoms with Crippen LogP contribution in [0.25, 0.3) is 0 Å². The molecule has 2 N–H and O–H groups in total. The summed E-state index contributed by atoms with van der Waals surface area (Å²) in [6, 6.07) is 6.68. The molecule has 0 saturated carbocycles. The van der Waals surface area contributed by atoms with E-state index in [9.17, 15) is 0 Å². The first kappa shape index (κ1) is 13.9. The van der Waals surface area contributed by atoms with Crippen LogP contribution in [0.5, 0.6) is 5.75 Å². The van der Waals surface area contributed by atoms with Gasteiger partial charge in [0.05, 0.1) is 19.3 Å². The number of para-hydroxylation sites is 1. The fraction of sp³-hybridized carbons (Fsp3) is 0.625. The van der Waals surface area contributed by atoms with Gasteiger partial charge in [-0.1, -0.05) is 18.2 Å². The van der Waals surface area contributed by atoms with E-state index in [2.05, 4.69) is 36.9 Å². The lowest BCUT2D eigenvalue weighted by molar-refractivity contribution is 0.0168. The summed E-state index contributed by atoms with van der Waals surface area (Å²) in [4.78, 5) is 2.41. The summed E-state index contributed by atoms with van der Waals surface area (Å²) < 4.78 is 11.6. The molecule has 110 valence electrons. The zero-order valence-corrected chi connectivity index (χ0v) is 12.4. The third-order valence-electron chi connectivity index (χ3n) is 4.19. The molecule has 2 aliphatic heterocycles. The molecule has 1 unspecified atom stereocenters. The van der Waals surface area contributed by atoms with Crippen LogP contribution in [0.1, 0.15) is 31.0 Å². The molecule has 2 aliphatic rings. The maximum absolute atomic E-state index is 6.19. The van der Waals surface area contributed by atoms with Gasteiger partial charge in [-0.25, -0.2) is 0 Å². The summed E-state index contributed by atoms with van der Waals surface area (Å²) in [5.41, 5.74) is 8.49. The van der Waals surface area contributed by atoms with Crippen molar-refractivity contribution in [3.8, 4) is 5.75 Å². The smallest absolute Gasteiger partial charge is 0.128 e. The second-order valence-electron chi connectivity index (χ2n) is 6.27. The number of morpholine rings is 1. The van der Waals surface area contributed by atoms with Gasteiger partial charge in [0, 0.05) is 31.6 Å². The minimum absolute atomic E-state index is 0.109. The molecule has 0 aliphatic carbocycles. The first-order valence-electron chi connectivity index (χ1n) is 7.43. The van der Waals surface area contributed by atoms with E-state index in [1.165, 1.54) is 11.1 Å². The molecule has 3 rings (SSSR count). The van der Waals surface area contributed by atoms with Crippen LogP contribution < -0.4 is 10.5 Å². The molecule has 0 amide bonds. The topological polar surface area (TPSA) is 47.7 Å². The highest BCUT2D eigenvalue weighted by atomic mass is 16.5. The number of rotatable bonds is 3. The number of hydrogen-bond donors (Lipinski definition) is 1. The van der Waals surface area contributed by atoms with E-state index in [0.717, 1.165) is 38.5 Å². The van der Waals surface area contributed by atoms with E-state index >= 15 is 0 Å². The van der Waals surface area contributed by atoms with Crippen molar-refractivity contribution < 1.29 is 9.47 Å². The molecule has 1 fully saturated rings. The van der Waals surface area contributed by atoms with Gasteiger partial charge in [-0.3, -0.25) is 4.90 Å². The summed E-state index contributed by atoms with van der Waals surface area (Å²) >= 11 is 0. The Morgan fingerprint density at radius 3 is 2.75 bits per heavy atom. The zero-order chi connectivity index (χ0) is 14.2. The standard InChI is InChI=1S/C16H24N2O2/c1-16(2)10-12-4-3-5-13(15(12)20-16)14(11-17)18-6-8-19-9-7-18/h3-5,14H,6-11,17H2,1-2H3. The number of nitrogens with zero attached hydrogens (tertiary/aromatic N) is 1. The van der Waals surface area contributed by atoms with Crippen molar-refractivity contribution in [2.75, 3.05) is 32.8 Å². The monoisotopic (exact) mass is 276 g/mol. The molecule has 4 heteroatoms. The third kappa shape index (κ3) is 2.55. The average Bonchev–Trinajstić information content (AvgIpc) is 2.75. The van der Waals surface area contributed by atoms with Crippen molar-refractivity contribution in [3.63, 3.8) is 0 Å². The molecule has 0 spiro atoms. The number of nitrogens with two attached hydrogens (primary N) is 1. The van der Waals surface area contributed by atoms with Gasteiger partial charge in [0.1, 0.15) is 11.4 Å². The van der Waals surface area contributed by atoms with Gasteiger partial charge in [0.15, 0.2) is 0 Å². The summed E-state index contributed by atoms with van der Waals surface area (Å²) in [6.45, 7) is 8.35. The van der Waals surface area contributed by atoms with Crippen molar-refractivity contribution in [3.05, 3.63) is 29.3 Å². The van der Waals surface area contributed by atoms with Crippen molar-refractivity contribution in [1.82, 2.24) is 4.90 Å². The van der Waals surface area contributed by atoms with Gasteiger partial charge >= 0.3 is 0 Å². The first-order valence-corrected chi connectivity index (χ1v) is 7.43. The highest BCUT2D eigenvalue weighted by molar-refractivity contribution is 5.47. The van der Waals surface area contributed by atoms with Gasteiger partial charge in [0.25, 0.3) is 0 Å². The van der Waals surface area contributed by atoms with E-state index < -0.39 is 0 Å². The van der Waals surface area contributed by atoms with Crippen molar-refractivity contribution in [2.24, 2.45) is 5.73 Å². The summed E-state index contributed by atoms with van der Waals surface area (Å²) in [5, 5.41) is 0. The number of benzene rings is 1. The van der Waals surface area contributed by atoms with Crippen molar-refractivity contribution in [1.29, 1.82) is 0 Å². The van der Waals surface area contributed by atoms with E-state index in [-0.39, 0.29) is 11.6 Å². The van der Waals surface area contributed by atoms with Crippen molar-refractivity contribution >= 4 is 0 Å². The molecule has 1 aromatic rings. The predicted molar refractivity (Wildman–Crippen MR) is 79.0 cm³/mol. The van der Waals surface area contributed by atoms with Gasteiger partial charge in [-0.05, 0) is 19.4 Å². The number of hydrogen-bond acceptors (Lipinski definition) is 4. The van der Waals surface area contributed by atoms with Crippen molar-refractivity contribution in [2.45, 2.75) is 31.9 Å². The van der Waals surface area contributed by atoms with E-state index in [4.69, 9.17) is 15.2 Å². The van der Waals surface area contributed by atoms with Crippen LogP contribution in [0.4, 0.5) is 0 Å². The molecular formula is C16H24N2O2. The molecule has 4 nitrogen and oxygen atoms in total. The molecule has 2 heterocycles. The zero-order valence-electron chi connectivity index (χ0n) is 12.4. The minimum atomic E-state index is -0.109. The Labute approximate surface area is 120 Å². The summed E-state index contributed by atoms with van der Waals surface area (Å²) in [5.74, 6) is 1.06. The van der Waals surface area contributed by atoms with Crippen LogP contribution in [-0.4, -0.2) is 43.3 Å². The molecule has 1 aromatic carbocycles. The molecule has 0 radical (unpaired) electrons. The summed E-state index contributed by atoms with van der Waals surface area (Å²) in [7, 11) is 0. The fourth-order valence-electron chi connectivity index (χ4n) is 3.26. The molecule has 20 heavy (non-hydrogen) atoms. The lowest BCUT2D eigenvalue weighted by Crippen LogP contribution is -2.42. The second-order valence-corrected chi connectivity index (χ2v) is 6.27. The van der Waals surface area contributed by atoms with Gasteiger partial charge in [-0.2, -0.15) is 0 Å².